The third-order valence-corrected chi connectivity index (χ3v) is 8.50. The van der Waals surface area contributed by atoms with E-state index >= 15 is 0 Å². The molecule has 1 saturated carbocycles. The second kappa shape index (κ2) is 9.10. The molecule has 36 heavy (non-hydrogen) atoms. The summed E-state index contributed by atoms with van der Waals surface area (Å²) in [5.74, 6) is 0.682. The Hall–Kier alpha value is -3.07. The van der Waals surface area contributed by atoms with Gasteiger partial charge >= 0.3 is 5.97 Å². The quantitative estimate of drug-likeness (QED) is 0.516. The summed E-state index contributed by atoms with van der Waals surface area (Å²) in [7, 11) is 0. The number of hydrogen-bond acceptors (Lipinski definition) is 6. The lowest BCUT2D eigenvalue weighted by molar-refractivity contribution is -0.624. The molecule has 6 rings (SSSR count). The fraction of sp³-hybridized carbons (Fsp3) is 0.593. The molecule has 0 radical (unpaired) electrons. The fourth-order valence-corrected chi connectivity index (χ4v) is 6.32. The third-order valence-electron chi connectivity index (χ3n) is 8.50. The molecule has 2 fully saturated rings. The Morgan fingerprint density at radius 3 is 2.81 bits per heavy atom. The maximum atomic E-state index is 13.4. The van der Waals surface area contributed by atoms with E-state index in [4.69, 9.17) is 9.73 Å². The Kier molecular flexibility index (Phi) is 5.90. The van der Waals surface area contributed by atoms with Gasteiger partial charge in [0, 0.05) is 36.0 Å². The summed E-state index contributed by atoms with van der Waals surface area (Å²) in [5, 5.41) is 8.34. The molecule has 5 aliphatic rings. The van der Waals surface area contributed by atoms with Crippen LogP contribution in [0.3, 0.4) is 0 Å². The first-order valence-corrected chi connectivity index (χ1v) is 13.3. The van der Waals surface area contributed by atoms with Crippen LogP contribution in [0, 0.1) is 5.41 Å². The zero-order valence-electron chi connectivity index (χ0n) is 21.2. The highest BCUT2D eigenvalue weighted by atomic mass is 16.5. The summed E-state index contributed by atoms with van der Waals surface area (Å²) in [6.07, 6.45) is 17.6. The van der Waals surface area contributed by atoms with E-state index in [1.807, 2.05) is 20.5 Å². The molecule has 5 heterocycles. The number of cyclic esters (lactones) is 1. The number of ether oxygens (including phenoxy) is 1. The fourth-order valence-electron chi connectivity index (χ4n) is 6.32. The van der Waals surface area contributed by atoms with E-state index in [0.717, 1.165) is 69.4 Å². The topological polar surface area (TPSA) is 92.7 Å². The molecule has 0 aromatic carbocycles. The Labute approximate surface area is 211 Å². The van der Waals surface area contributed by atoms with Crippen molar-refractivity contribution in [2.45, 2.75) is 83.3 Å². The number of esters is 1. The van der Waals surface area contributed by atoms with E-state index in [1.165, 1.54) is 17.3 Å². The molecule has 190 valence electrons. The molecule has 4 aliphatic heterocycles. The van der Waals surface area contributed by atoms with Crippen molar-refractivity contribution in [3.63, 3.8) is 0 Å². The van der Waals surface area contributed by atoms with E-state index in [-0.39, 0.29) is 29.9 Å². The maximum Gasteiger partial charge on any atom is 0.333 e. The average Bonchev–Trinajstić information content (AvgIpc) is 3.29. The van der Waals surface area contributed by atoms with Crippen molar-refractivity contribution < 1.29 is 19.0 Å². The van der Waals surface area contributed by atoms with Gasteiger partial charge in [-0.2, -0.15) is 4.68 Å². The highest BCUT2D eigenvalue weighted by Crippen LogP contribution is 2.48. The van der Waals surface area contributed by atoms with Gasteiger partial charge in [0.2, 0.25) is 5.91 Å². The van der Waals surface area contributed by atoms with E-state index < -0.39 is 0 Å². The van der Waals surface area contributed by atoms with Crippen LogP contribution in [0.5, 0.6) is 0 Å². The number of nitrogens with zero attached hydrogens (tertiary/aromatic N) is 5. The number of amides is 1. The number of hydrogen-bond donors (Lipinski definition) is 1. The van der Waals surface area contributed by atoms with Crippen LogP contribution in [0.4, 0.5) is 0 Å². The van der Waals surface area contributed by atoms with E-state index in [9.17, 15) is 9.59 Å². The molecule has 1 N–H and O–H groups in total. The second-order valence-corrected chi connectivity index (χ2v) is 11.0. The van der Waals surface area contributed by atoms with Crippen LogP contribution < -0.4 is 10.00 Å². The van der Waals surface area contributed by atoms with E-state index in [2.05, 4.69) is 42.7 Å². The molecule has 1 amide bonds. The minimum absolute atomic E-state index is 0.108. The SMILES string of the molecule is CC1CC2(CCC(NCC3=CN=C([n+]4cc5n(n4)C5C)C=CCCC3)CC2)C(=O)N1C1=CC(=O)OC1. The summed E-state index contributed by atoms with van der Waals surface area (Å²) in [6, 6.07) is 0.936. The van der Waals surface area contributed by atoms with Gasteiger partial charge in [0.1, 0.15) is 19.0 Å². The minimum atomic E-state index is -0.346. The van der Waals surface area contributed by atoms with E-state index in [1.54, 1.807) is 0 Å². The summed E-state index contributed by atoms with van der Waals surface area (Å²) in [6.45, 7) is 5.26. The van der Waals surface area contributed by atoms with Crippen LogP contribution in [0.15, 0.2) is 46.9 Å². The Bertz CT molecular complexity index is 1180. The first-order chi connectivity index (χ1) is 17.4. The molecule has 2 atom stereocenters. The summed E-state index contributed by atoms with van der Waals surface area (Å²) < 4.78 is 8.94. The van der Waals surface area contributed by atoms with Gasteiger partial charge in [-0.05, 0) is 70.8 Å². The van der Waals surface area contributed by atoms with Crippen molar-refractivity contribution in [2.24, 2.45) is 10.4 Å². The van der Waals surface area contributed by atoms with Gasteiger partial charge in [0.15, 0.2) is 11.7 Å². The summed E-state index contributed by atoms with van der Waals surface area (Å²) in [5.41, 5.74) is 2.97. The molecule has 1 saturated heterocycles. The maximum absolute atomic E-state index is 13.4. The average molecular weight is 492 g/mol. The molecule has 0 bridgehead atoms. The lowest BCUT2D eigenvalue weighted by Crippen LogP contribution is -2.44. The normalized spacial score (nSPS) is 31.9. The Morgan fingerprint density at radius 1 is 1.25 bits per heavy atom. The van der Waals surface area contributed by atoms with Crippen LogP contribution in [0.2, 0.25) is 0 Å². The number of aromatic nitrogens is 3. The number of carbonyl (C=O) groups excluding carboxylic acids is 2. The smallest absolute Gasteiger partial charge is 0.333 e. The number of carbonyl (C=O) groups is 2. The van der Waals surface area contributed by atoms with Crippen LogP contribution in [-0.2, 0) is 14.3 Å². The minimum Gasteiger partial charge on any atom is -0.456 e. The molecule has 2 unspecified atom stereocenters. The molecular formula is C27H35N6O3+. The summed E-state index contributed by atoms with van der Waals surface area (Å²) in [4.78, 5) is 31.6. The number of nitrogens with one attached hydrogen (secondary N) is 1. The van der Waals surface area contributed by atoms with Gasteiger partial charge in [-0.15, -0.1) is 9.67 Å². The Morgan fingerprint density at radius 2 is 2.08 bits per heavy atom. The van der Waals surface area contributed by atoms with Gasteiger partial charge in [-0.25, -0.2) is 4.79 Å². The molecule has 9 heteroatoms. The van der Waals surface area contributed by atoms with Crippen molar-refractivity contribution >= 4 is 17.7 Å². The molecule has 1 aromatic rings. The number of likely N-dealkylation sites (tertiary alicyclic amines) is 1. The molecule has 1 spiro atoms. The first-order valence-electron chi connectivity index (χ1n) is 13.3. The third kappa shape index (κ3) is 4.23. The van der Waals surface area contributed by atoms with Crippen molar-refractivity contribution in [2.75, 3.05) is 13.2 Å². The number of fused-ring (bicyclic) bond motifs is 1. The summed E-state index contributed by atoms with van der Waals surface area (Å²) >= 11 is 0. The monoisotopic (exact) mass is 491 g/mol. The van der Waals surface area contributed by atoms with Crippen molar-refractivity contribution in [3.05, 3.63) is 47.6 Å². The molecule has 1 aliphatic carbocycles. The molecule has 1 aromatic heterocycles. The van der Waals surface area contributed by atoms with Gasteiger partial charge in [0.25, 0.3) is 5.84 Å². The van der Waals surface area contributed by atoms with Crippen LogP contribution in [0.25, 0.3) is 0 Å². The molecular weight excluding hydrogens is 456 g/mol. The van der Waals surface area contributed by atoms with Gasteiger partial charge < -0.3 is 15.0 Å². The zero-order chi connectivity index (χ0) is 24.9. The standard InChI is InChI=1S/C27H35N6O3/c1-18-13-27(26(35)32(18)22-12-25(34)36-17-22)10-8-21(9-11-27)28-14-20-6-4-3-5-7-24(29-15-20)31-16-23-19(2)33(23)30-31/h5,7,12,15-16,18-19,21,28H,3-4,6,8-11,13-14,17H2,1-2H3/q+1. The number of rotatable bonds is 4. The predicted octanol–water partition coefficient (Wildman–Crippen LogP) is 2.54. The van der Waals surface area contributed by atoms with Crippen LogP contribution in [-0.4, -0.2) is 57.7 Å². The molecule has 9 nitrogen and oxygen atoms in total. The highest BCUT2D eigenvalue weighted by Gasteiger charge is 2.52. The lowest BCUT2D eigenvalue weighted by Gasteiger charge is -2.36. The van der Waals surface area contributed by atoms with Crippen molar-refractivity contribution in [1.29, 1.82) is 0 Å². The number of allylic oxidation sites excluding steroid dienone is 2. The zero-order valence-corrected chi connectivity index (χ0v) is 21.2. The van der Waals surface area contributed by atoms with Crippen LogP contribution in [0.1, 0.15) is 76.9 Å². The lowest BCUT2D eigenvalue weighted by atomic mass is 9.70. The van der Waals surface area contributed by atoms with Gasteiger partial charge in [0.05, 0.1) is 11.1 Å². The largest absolute Gasteiger partial charge is 0.456 e. The predicted molar refractivity (Wildman–Crippen MR) is 133 cm³/mol. The highest BCUT2D eigenvalue weighted by molar-refractivity contribution is 5.91. The van der Waals surface area contributed by atoms with E-state index in [0.29, 0.717) is 12.1 Å². The van der Waals surface area contributed by atoms with Crippen molar-refractivity contribution in [1.82, 2.24) is 20.1 Å². The van der Waals surface area contributed by atoms with Gasteiger partial charge in [-0.1, -0.05) is 6.08 Å². The van der Waals surface area contributed by atoms with Gasteiger partial charge in [-0.3, -0.25) is 4.79 Å². The Balaban J connectivity index is 1.06. The number of aliphatic imine (C=N–C) groups is 1. The van der Waals surface area contributed by atoms with Crippen LogP contribution >= 0.6 is 0 Å². The second-order valence-electron chi connectivity index (χ2n) is 11.0. The van der Waals surface area contributed by atoms with Crippen molar-refractivity contribution in [3.8, 4) is 0 Å². The first kappa shape index (κ1) is 23.3.